The summed E-state index contributed by atoms with van der Waals surface area (Å²) in [6, 6.07) is 16.5. The summed E-state index contributed by atoms with van der Waals surface area (Å²) in [5.41, 5.74) is 3.53. The van der Waals surface area contributed by atoms with E-state index in [0.717, 1.165) is 11.2 Å². The normalized spacial score (nSPS) is 14.3. The van der Waals surface area contributed by atoms with Crippen LogP contribution >= 0.6 is 0 Å². The molecule has 0 radical (unpaired) electrons. The standard InChI is InChI=1S/C23H17N7O.C2HF3O2/c31-23(30-21(11-14-27-30)17-5-2-1-3-6-17)28-19-10-13-24-18(15-19)8-9-20-16-25-22-7-4-12-26-29(20)22;3-2(4,5)1(6)7/h1-7,10,12-16,21H,11H2,(H,24,28,31);(H,6,7)/t21-;/m1./s1. The number of nitrogens with one attached hydrogen (secondary N) is 1. The Kier molecular flexibility index (Phi) is 7.62. The number of hydrogen-bond donors (Lipinski definition) is 2. The number of benzene rings is 1. The van der Waals surface area contributed by atoms with Crippen LogP contribution in [0.15, 0.2) is 78.3 Å². The minimum atomic E-state index is -5.08. The second-order valence-electron chi connectivity index (χ2n) is 7.65. The molecule has 1 aliphatic heterocycles. The van der Waals surface area contributed by atoms with Gasteiger partial charge in [-0.3, -0.25) is 0 Å². The Morgan fingerprint density at radius 1 is 1.03 bits per heavy atom. The molecule has 0 unspecified atom stereocenters. The number of imidazole rings is 1. The van der Waals surface area contributed by atoms with Crippen LogP contribution in [0.3, 0.4) is 0 Å². The number of nitrogens with zero attached hydrogens (tertiary/aromatic N) is 6. The van der Waals surface area contributed by atoms with Crippen molar-refractivity contribution in [3.8, 4) is 11.8 Å². The molecule has 2 amide bonds. The summed E-state index contributed by atoms with van der Waals surface area (Å²) in [5, 5.41) is 20.0. The van der Waals surface area contributed by atoms with Gasteiger partial charge in [0.25, 0.3) is 0 Å². The summed E-state index contributed by atoms with van der Waals surface area (Å²) < 4.78 is 33.4. The average Bonchev–Trinajstić information content (AvgIpc) is 3.56. The zero-order valence-electron chi connectivity index (χ0n) is 19.4. The van der Waals surface area contributed by atoms with Gasteiger partial charge in [0.1, 0.15) is 11.4 Å². The van der Waals surface area contributed by atoms with Crippen LogP contribution in [0.1, 0.15) is 29.4 Å². The first-order valence-corrected chi connectivity index (χ1v) is 11.0. The Labute approximate surface area is 213 Å². The molecule has 1 aliphatic rings. The molecule has 0 saturated heterocycles. The predicted molar refractivity (Wildman–Crippen MR) is 130 cm³/mol. The third kappa shape index (κ3) is 6.30. The van der Waals surface area contributed by atoms with Crippen molar-refractivity contribution in [3.63, 3.8) is 0 Å². The predicted octanol–water partition coefficient (Wildman–Crippen LogP) is 4.12. The summed E-state index contributed by atoms with van der Waals surface area (Å²) in [6.07, 6.45) is 2.30. The van der Waals surface area contributed by atoms with E-state index in [1.807, 2.05) is 42.5 Å². The van der Waals surface area contributed by atoms with Crippen molar-refractivity contribution in [1.29, 1.82) is 0 Å². The number of carboxylic acid groups (broad SMARTS) is 1. The first-order valence-electron chi connectivity index (χ1n) is 11.0. The number of fused-ring (bicyclic) bond motifs is 1. The number of carboxylic acids is 1. The van der Waals surface area contributed by atoms with Gasteiger partial charge in [-0.05, 0) is 41.7 Å². The third-order valence-corrected chi connectivity index (χ3v) is 5.07. The first kappa shape index (κ1) is 25.8. The van der Waals surface area contributed by atoms with Gasteiger partial charge in [-0.1, -0.05) is 30.3 Å². The maximum Gasteiger partial charge on any atom is 0.490 e. The van der Waals surface area contributed by atoms with Gasteiger partial charge in [-0.25, -0.2) is 29.1 Å². The molecule has 4 aromatic rings. The molecule has 4 heterocycles. The highest BCUT2D eigenvalue weighted by molar-refractivity contribution is 5.91. The summed E-state index contributed by atoms with van der Waals surface area (Å²) in [6.45, 7) is 0. The first-order chi connectivity index (χ1) is 18.2. The van der Waals surface area contributed by atoms with E-state index in [9.17, 15) is 18.0 Å². The molecule has 0 aliphatic carbocycles. The SMILES string of the molecule is O=C(Nc1ccnc(C#Cc2cnc3cccnn23)c1)N1N=CC[C@@H]1c1ccccc1.O=C(O)C(F)(F)F. The lowest BCUT2D eigenvalue weighted by atomic mass is 10.1. The van der Waals surface area contributed by atoms with Crippen molar-refractivity contribution in [2.45, 2.75) is 18.6 Å². The van der Waals surface area contributed by atoms with Gasteiger partial charge in [0.15, 0.2) is 5.65 Å². The molecule has 192 valence electrons. The highest BCUT2D eigenvalue weighted by Crippen LogP contribution is 2.28. The quantitative estimate of drug-likeness (QED) is 0.383. The number of aliphatic carboxylic acids is 1. The summed E-state index contributed by atoms with van der Waals surface area (Å²) in [4.78, 5) is 30.3. The average molecular weight is 521 g/mol. The molecule has 0 spiro atoms. The van der Waals surface area contributed by atoms with Crippen LogP contribution in [0, 0.1) is 11.8 Å². The molecular formula is C25H18F3N7O3. The van der Waals surface area contributed by atoms with Crippen LogP contribution in [0.25, 0.3) is 5.65 Å². The minimum Gasteiger partial charge on any atom is -0.475 e. The van der Waals surface area contributed by atoms with Crippen LogP contribution in [-0.4, -0.2) is 54.1 Å². The van der Waals surface area contributed by atoms with E-state index in [4.69, 9.17) is 9.90 Å². The lowest BCUT2D eigenvalue weighted by molar-refractivity contribution is -0.192. The van der Waals surface area contributed by atoms with E-state index in [1.165, 1.54) is 5.01 Å². The number of rotatable bonds is 2. The van der Waals surface area contributed by atoms with E-state index in [0.29, 0.717) is 23.5 Å². The largest absolute Gasteiger partial charge is 0.490 e. The number of alkyl halides is 3. The number of halogens is 3. The van der Waals surface area contributed by atoms with Crippen molar-refractivity contribution in [3.05, 3.63) is 90.1 Å². The topological polar surface area (TPSA) is 125 Å². The molecule has 2 N–H and O–H groups in total. The van der Waals surface area contributed by atoms with Gasteiger partial charge in [0.05, 0.1) is 12.2 Å². The van der Waals surface area contributed by atoms with Gasteiger partial charge in [0, 0.05) is 30.7 Å². The number of amides is 2. The number of anilines is 1. The second-order valence-corrected chi connectivity index (χ2v) is 7.65. The molecular weight excluding hydrogens is 503 g/mol. The van der Waals surface area contributed by atoms with Gasteiger partial charge in [-0.15, -0.1) is 0 Å². The zero-order chi connectivity index (χ0) is 27.1. The molecule has 13 heteroatoms. The van der Waals surface area contributed by atoms with E-state index in [-0.39, 0.29) is 12.1 Å². The zero-order valence-corrected chi connectivity index (χ0v) is 19.4. The van der Waals surface area contributed by atoms with Crippen molar-refractivity contribution in [2.24, 2.45) is 5.10 Å². The maximum absolute atomic E-state index is 12.8. The van der Waals surface area contributed by atoms with Crippen LogP contribution in [0.5, 0.6) is 0 Å². The van der Waals surface area contributed by atoms with Gasteiger partial charge >= 0.3 is 18.2 Å². The van der Waals surface area contributed by atoms with E-state index in [1.54, 1.807) is 41.5 Å². The van der Waals surface area contributed by atoms with Crippen molar-refractivity contribution in [2.75, 3.05) is 5.32 Å². The number of pyridine rings is 1. The molecule has 0 fully saturated rings. The monoisotopic (exact) mass is 521 g/mol. The second kappa shape index (κ2) is 11.2. The highest BCUT2D eigenvalue weighted by Gasteiger charge is 2.38. The molecule has 5 rings (SSSR count). The fraction of sp³-hybridized carbons (Fsp3) is 0.120. The van der Waals surface area contributed by atoms with Crippen molar-refractivity contribution >= 4 is 29.5 Å². The van der Waals surface area contributed by atoms with Gasteiger partial charge in [0.2, 0.25) is 0 Å². The molecule has 0 bridgehead atoms. The van der Waals surface area contributed by atoms with Crippen molar-refractivity contribution in [1.82, 2.24) is 24.6 Å². The smallest absolute Gasteiger partial charge is 0.475 e. The Morgan fingerprint density at radius 2 is 1.79 bits per heavy atom. The van der Waals surface area contributed by atoms with Gasteiger partial charge < -0.3 is 10.4 Å². The molecule has 1 atom stereocenters. The lowest BCUT2D eigenvalue weighted by Gasteiger charge is -2.22. The summed E-state index contributed by atoms with van der Waals surface area (Å²) >= 11 is 0. The number of aromatic nitrogens is 4. The molecule has 38 heavy (non-hydrogen) atoms. The fourth-order valence-electron chi connectivity index (χ4n) is 3.36. The molecule has 0 saturated carbocycles. The molecule has 3 aromatic heterocycles. The van der Waals surface area contributed by atoms with Crippen LogP contribution < -0.4 is 5.32 Å². The number of hydrazone groups is 1. The highest BCUT2D eigenvalue weighted by atomic mass is 19.4. The summed E-state index contributed by atoms with van der Waals surface area (Å²) in [7, 11) is 0. The Balaban J connectivity index is 0.000000426. The molecule has 10 nitrogen and oxygen atoms in total. The third-order valence-electron chi connectivity index (χ3n) is 5.07. The van der Waals surface area contributed by atoms with Gasteiger partial charge in [-0.2, -0.15) is 23.4 Å². The van der Waals surface area contributed by atoms with Crippen molar-refractivity contribution < 1.29 is 27.9 Å². The molecule has 1 aromatic carbocycles. The van der Waals surface area contributed by atoms with Crippen LogP contribution in [0.4, 0.5) is 23.7 Å². The number of hydrogen-bond acceptors (Lipinski definition) is 6. The number of urea groups is 1. The number of carbonyl (C=O) groups is 2. The van der Waals surface area contributed by atoms with Crippen LogP contribution in [-0.2, 0) is 4.79 Å². The number of carbonyl (C=O) groups excluding carboxylic acids is 1. The Hall–Kier alpha value is -5.25. The fourth-order valence-corrected chi connectivity index (χ4v) is 3.36. The van der Waals surface area contributed by atoms with E-state index >= 15 is 0 Å². The maximum atomic E-state index is 12.8. The Bertz CT molecular complexity index is 1540. The van der Waals surface area contributed by atoms with Crippen LogP contribution in [0.2, 0.25) is 0 Å². The minimum absolute atomic E-state index is 0.120. The van der Waals surface area contributed by atoms with E-state index < -0.39 is 12.1 Å². The lowest BCUT2D eigenvalue weighted by Crippen LogP contribution is -2.31. The summed E-state index contributed by atoms with van der Waals surface area (Å²) in [5.74, 6) is 3.27. The Morgan fingerprint density at radius 3 is 2.53 bits per heavy atom. The van der Waals surface area contributed by atoms with E-state index in [2.05, 4.69) is 37.3 Å².